The molecule has 2 heterocycles. The van der Waals surface area contributed by atoms with E-state index in [0.717, 1.165) is 37.2 Å². The Bertz CT molecular complexity index is 712. The molecule has 1 saturated heterocycles. The molecule has 2 aromatic rings. The maximum absolute atomic E-state index is 13.1. The van der Waals surface area contributed by atoms with Gasteiger partial charge in [-0.25, -0.2) is 0 Å². The van der Waals surface area contributed by atoms with Crippen LogP contribution in [0.1, 0.15) is 18.4 Å². The maximum atomic E-state index is 13.1. The predicted molar refractivity (Wildman–Crippen MR) is 104 cm³/mol. The first-order valence-corrected chi connectivity index (χ1v) is 8.57. The first kappa shape index (κ1) is 20.0. The number of carbonyl (C=O) groups is 1. The second-order valence-electron chi connectivity index (χ2n) is 6.12. The third-order valence-electron chi connectivity index (χ3n) is 4.57. The van der Waals surface area contributed by atoms with Gasteiger partial charge in [-0.1, -0.05) is 30.9 Å². The molecule has 0 spiro atoms. The first-order chi connectivity index (χ1) is 12.3. The summed E-state index contributed by atoms with van der Waals surface area (Å²) in [6.45, 7) is 6.12. The molecule has 1 aliphatic heterocycles. The van der Waals surface area contributed by atoms with Gasteiger partial charge in [0, 0.05) is 24.5 Å². The van der Waals surface area contributed by atoms with Gasteiger partial charge >= 0.3 is 0 Å². The Morgan fingerprint density at radius 1 is 1.35 bits per heavy atom. The van der Waals surface area contributed by atoms with E-state index >= 15 is 0 Å². The Morgan fingerprint density at radius 2 is 2.12 bits per heavy atom. The molecule has 1 aromatic carbocycles. The number of carbonyl (C=O) groups excluding carboxylic acids is 1. The Labute approximate surface area is 160 Å². The van der Waals surface area contributed by atoms with Crippen molar-refractivity contribution in [3.05, 3.63) is 60.9 Å². The molecule has 0 aliphatic carbocycles. The molecule has 2 N–H and O–H groups in total. The van der Waals surface area contributed by atoms with Crippen molar-refractivity contribution < 1.29 is 9.53 Å². The van der Waals surface area contributed by atoms with Gasteiger partial charge in [0.15, 0.2) is 0 Å². The number of para-hydroxylation sites is 1. The lowest BCUT2D eigenvalue weighted by atomic mass is 9.87. The topological polar surface area (TPSA) is 68.2 Å². The zero-order chi connectivity index (χ0) is 17.5. The molecular formula is C19H25ClN4O2. The smallest absolute Gasteiger partial charge is 0.248 e. The molecule has 3 rings (SSSR count). The molecule has 0 radical (unpaired) electrons. The van der Waals surface area contributed by atoms with E-state index in [1.807, 2.05) is 36.5 Å². The average Bonchev–Trinajstić information content (AvgIpc) is 3.21. The molecule has 1 aliphatic rings. The normalized spacial score (nSPS) is 15.5. The molecule has 1 amide bonds. The van der Waals surface area contributed by atoms with Crippen LogP contribution in [0.5, 0.6) is 5.75 Å². The number of ether oxygens (including phenoxy) is 1. The second-order valence-corrected chi connectivity index (χ2v) is 6.12. The van der Waals surface area contributed by atoms with E-state index in [1.165, 1.54) is 0 Å². The molecule has 0 atom stereocenters. The number of rotatable bonds is 7. The van der Waals surface area contributed by atoms with Crippen molar-refractivity contribution in [2.75, 3.05) is 19.7 Å². The number of halogens is 1. The van der Waals surface area contributed by atoms with Crippen LogP contribution in [0.25, 0.3) is 0 Å². The van der Waals surface area contributed by atoms with Gasteiger partial charge in [-0.3, -0.25) is 9.48 Å². The quantitative estimate of drug-likeness (QED) is 0.727. The molecule has 1 fully saturated rings. The van der Waals surface area contributed by atoms with Crippen LogP contribution in [0.15, 0.2) is 55.4 Å². The van der Waals surface area contributed by atoms with Crippen molar-refractivity contribution in [2.24, 2.45) is 0 Å². The fourth-order valence-corrected chi connectivity index (χ4v) is 3.20. The van der Waals surface area contributed by atoms with Gasteiger partial charge in [0.05, 0.1) is 0 Å². The molecule has 0 unspecified atom stereocenters. The summed E-state index contributed by atoms with van der Waals surface area (Å²) in [5.41, 5.74) is 0.313. The third-order valence-corrected chi connectivity index (χ3v) is 4.57. The van der Waals surface area contributed by atoms with E-state index < -0.39 is 5.54 Å². The van der Waals surface area contributed by atoms with Crippen LogP contribution in [-0.4, -0.2) is 35.4 Å². The lowest BCUT2D eigenvalue weighted by molar-refractivity contribution is -0.132. The second kappa shape index (κ2) is 9.40. The monoisotopic (exact) mass is 376 g/mol. The number of aromatic nitrogens is 2. The highest BCUT2D eigenvalue weighted by atomic mass is 35.5. The average molecular weight is 377 g/mol. The van der Waals surface area contributed by atoms with Crippen molar-refractivity contribution in [3.8, 4) is 5.75 Å². The highest BCUT2D eigenvalue weighted by molar-refractivity contribution is 5.85. The largest absolute Gasteiger partial charge is 0.489 e. The van der Waals surface area contributed by atoms with Crippen molar-refractivity contribution in [1.82, 2.24) is 20.4 Å². The number of nitrogens with one attached hydrogen (secondary N) is 2. The molecule has 7 heteroatoms. The summed E-state index contributed by atoms with van der Waals surface area (Å²) in [5, 5.41) is 10.7. The minimum Gasteiger partial charge on any atom is -0.489 e. The number of piperidine rings is 1. The Morgan fingerprint density at radius 3 is 2.81 bits per heavy atom. The number of hydrogen-bond acceptors (Lipinski definition) is 4. The van der Waals surface area contributed by atoms with Crippen LogP contribution in [0.4, 0.5) is 0 Å². The summed E-state index contributed by atoms with van der Waals surface area (Å²) in [6, 6.07) is 9.58. The van der Waals surface area contributed by atoms with Gasteiger partial charge in [0.1, 0.15) is 17.9 Å². The van der Waals surface area contributed by atoms with Gasteiger partial charge in [0.25, 0.3) is 0 Å². The van der Waals surface area contributed by atoms with Crippen LogP contribution in [0, 0.1) is 0 Å². The molecule has 1 aromatic heterocycles. The van der Waals surface area contributed by atoms with Crippen molar-refractivity contribution >= 4 is 18.3 Å². The fourth-order valence-electron chi connectivity index (χ4n) is 3.20. The summed E-state index contributed by atoms with van der Waals surface area (Å²) in [7, 11) is 0. The first-order valence-electron chi connectivity index (χ1n) is 8.57. The number of amides is 1. The van der Waals surface area contributed by atoms with Gasteiger partial charge in [-0.2, -0.15) is 5.10 Å². The van der Waals surface area contributed by atoms with Gasteiger partial charge in [0.2, 0.25) is 5.91 Å². The zero-order valence-corrected chi connectivity index (χ0v) is 15.5. The molecule has 140 valence electrons. The van der Waals surface area contributed by atoms with Crippen molar-refractivity contribution in [3.63, 3.8) is 0 Å². The summed E-state index contributed by atoms with van der Waals surface area (Å²) in [4.78, 5) is 13.1. The van der Waals surface area contributed by atoms with Crippen LogP contribution >= 0.6 is 12.4 Å². The Balaban J connectivity index is 0.00000243. The number of hydrogen-bond donors (Lipinski definition) is 2. The lowest BCUT2D eigenvalue weighted by Crippen LogP contribution is -2.54. The van der Waals surface area contributed by atoms with Gasteiger partial charge < -0.3 is 15.4 Å². The maximum Gasteiger partial charge on any atom is 0.248 e. The zero-order valence-electron chi connectivity index (χ0n) is 14.7. The minimum atomic E-state index is -0.633. The highest BCUT2D eigenvalue weighted by Crippen LogP contribution is 2.27. The van der Waals surface area contributed by atoms with Gasteiger partial charge in [-0.05, 0) is 38.1 Å². The Kier molecular flexibility index (Phi) is 7.24. The molecular weight excluding hydrogens is 352 g/mol. The summed E-state index contributed by atoms with van der Waals surface area (Å²) in [6.07, 6.45) is 6.73. The fraction of sp³-hybridized carbons (Fsp3) is 0.368. The van der Waals surface area contributed by atoms with E-state index in [1.54, 1.807) is 17.0 Å². The van der Waals surface area contributed by atoms with Crippen LogP contribution in [0.3, 0.4) is 0 Å². The molecule has 0 saturated carbocycles. The summed E-state index contributed by atoms with van der Waals surface area (Å²) in [5.74, 6) is 0.761. The predicted octanol–water partition coefficient (Wildman–Crippen LogP) is 2.26. The molecule has 6 nitrogen and oxygen atoms in total. The number of benzene rings is 1. The number of nitrogens with zero attached hydrogens (tertiary/aromatic N) is 2. The van der Waals surface area contributed by atoms with Crippen molar-refractivity contribution in [1.29, 1.82) is 0 Å². The van der Waals surface area contributed by atoms with Crippen LogP contribution in [-0.2, 0) is 16.9 Å². The summed E-state index contributed by atoms with van der Waals surface area (Å²) < 4.78 is 7.46. The van der Waals surface area contributed by atoms with E-state index in [2.05, 4.69) is 22.3 Å². The molecule has 26 heavy (non-hydrogen) atoms. The van der Waals surface area contributed by atoms with Gasteiger partial charge in [-0.15, -0.1) is 12.4 Å². The van der Waals surface area contributed by atoms with E-state index in [-0.39, 0.29) is 18.3 Å². The summed E-state index contributed by atoms with van der Waals surface area (Å²) >= 11 is 0. The molecule has 0 bridgehead atoms. The third kappa shape index (κ3) is 4.26. The van der Waals surface area contributed by atoms with Crippen LogP contribution < -0.4 is 15.4 Å². The van der Waals surface area contributed by atoms with Crippen molar-refractivity contribution in [2.45, 2.75) is 24.9 Å². The van der Waals surface area contributed by atoms with E-state index in [0.29, 0.717) is 13.2 Å². The SMILES string of the molecule is C=CCOc1ccccc1CNC(=O)C1(n2cccn2)CCNCC1.Cl. The minimum absolute atomic E-state index is 0. The van der Waals surface area contributed by atoms with E-state index in [4.69, 9.17) is 4.74 Å². The highest BCUT2D eigenvalue weighted by Gasteiger charge is 2.41. The standard InChI is InChI=1S/C19H24N4O2.ClH/c1-2-14-25-17-7-4-3-6-16(17)15-21-18(24)19(8-11-20-12-9-19)23-13-5-10-22-23;/h2-7,10,13,20H,1,8-9,11-12,14-15H2,(H,21,24);1H. The van der Waals surface area contributed by atoms with E-state index in [9.17, 15) is 4.79 Å². The Hall–Kier alpha value is -2.31. The lowest BCUT2D eigenvalue weighted by Gasteiger charge is -2.36. The van der Waals surface area contributed by atoms with Crippen LogP contribution in [0.2, 0.25) is 0 Å².